The van der Waals surface area contributed by atoms with Crippen LogP contribution in [0.4, 0.5) is 5.69 Å². The van der Waals surface area contributed by atoms with Gasteiger partial charge in [0.15, 0.2) is 5.75 Å². The topological polar surface area (TPSA) is 60.8 Å². The number of fused-ring (bicyclic) bond motifs is 1. The fraction of sp³-hybridized carbons (Fsp3) is 0.524. The standard InChI is InChI=1S/C21H26N2O4/c1-13-5-4-10-22(11-13)17-9-8-15-18(20(17)26-2)23(14-6-7-14)12-16(19(15)24)21(25)27-3/h8-9,12-14H,4-7,10-11H2,1-3H3/t13-/m0/s1. The van der Waals surface area contributed by atoms with Crippen LogP contribution in [0.25, 0.3) is 10.9 Å². The van der Waals surface area contributed by atoms with Crippen LogP contribution < -0.4 is 15.1 Å². The number of benzene rings is 1. The van der Waals surface area contributed by atoms with Crippen LogP contribution in [0.15, 0.2) is 23.1 Å². The molecule has 2 aromatic rings. The smallest absolute Gasteiger partial charge is 0.343 e. The molecule has 6 heteroatoms. The van der Waals surface area contributed by atoms with E-state index in [1.807, 2.05) is 16.7 Å². The summed E-state index contributed by atoms with van der Waals surface area (Å²) in [5.41, 5.74) is 1.59. The zero-order valence-electron chi connectivity index (χ0n) is 16.2. The number of pyridine rings is 1. The van der Waals surface area contributed by atoms with E-state index in [1.165, 1.54) is 13.5 Å². The first-order chi connectivity index (χ1) is 13.0. The van der Waals surface area contributed by atoms with Gasteiger partial charge >= 0.3 is 5.97 Å². The van der Waals surface area contributed by atoms with Crippen LogP contribution >= 0.6 is 0 Å². The summed E-state index contributed by atoms with van der Waals surface area (Å²) in [6.07, 6.45) is 6.11. The molecule has 2 aliphatic rings. The van der Waals surface area contributed by atoms with Gasteiger partial charge in [0.1, 0.15) is 5.56 Å². The van der Waals surface area contributed by atoms with E-state index in [0.717, 1.165) is 49.3 Å². The molecule has 1 saturated carbocycles. The number of anilines is 1. The molecule has 0 amide bonds. The second-order valence-electron chi connectivity index (χ2n) is 7.71. The first kappa shape index (κ1) is 17.9. The molecule has 1 atom stereocenters. The molecular weight excluding hydrogens is 344 g/mol. The van der Waals surface area contributed by atoms with Crippen LogP contribution in [0.2, 0.25) is 0 Å². The van der Waals surface area contributed by atoms with Crippen molar-refractivity contribution in [1.82, 2.24) is 4.57 Å². The van der Waals surface area contributed by atoms with Crippen molar-refractivity contribution in [3.63, 3.8) is 0 Å². The lowest BCUT2D eigenvalue weighted by molar-refractivity contribution is 0.0598. The zero-order chi connectivity index (χ0) is 19.1. The molecular formula is C21H26N2O4. The van der Waals surface area contributed by atoms with Gasteiger partial charge in [-0.05, 0) is 43.7 Å². The Hall–Kier alpha value is -2.50. The first-order valence-electron chi connectivity index (χ1n) is 9.64. The minimum atomic E-state index is -0.593. The Balaban J connectivity index is 1.96. The molecule has 0 N–H and O–H groups in total. The lowest BCUT2D eigenvalue weighted by Crippen LogP contribution is -2.34. The fourth-order valence-corrected chi connectivity index (χ4v) is 4.16. The predicted octanol–water partition coefficient (Wildman–Crippen LogP) is 3.37. The van der Waals surface area contributed by atoms with Crippen LogP contribution in [0.5, 0.6) is 5.75 Å². The highest BCUT2D eigenvalue weighted by Gasteiger charge is 2.30. The Kier molecular flexibility index (Phi) is 4.58. The predicted molar refractivity (Wildman–Crippen MR) is 105 cm³/mol. The highest BCUT2D eigenvalue weighted by molar-refractivity contribution is 5.97. The normalized spacial score (nSPS) is 20.0. The monoisotopic (exact) mass is 370 g/mol. The van der Waals surface area contributed by atoms with Gasteiger partial charge in [0.05, 0.1) is 30.8 Å². The summed E-state index contributed by atoms with van der Waals surface area (Å²) in [4.78, 5) is 27.4. The Labute approximate surface area is 158 Å². The summed E-state index contributed by atoms with van der Waals surface area (Å²) < 4.78 is 12.7. The van der Waals surface area contributed by atoms with Crippen LogP contribution in [0, 0.1) is 5.92 Å². The van der Waals surface area contributed by atoms with Crippen molar-refractivity contribution in [3.05, 3.63) is 34.1 Å². The SMILES string of the molecule is COC(=O)c1cn(C2CC2)c2c(OC)c(N3CCC[C@H](C)C3)ccc2c1=O. The third kappa shape index (κ3) is 3.07. The molecule has 0 radical (unpaired) electrons. The number of ether oxygens (including phenoxy) is 2. The van der Waals surface area contributed by atoms with Crippen molar-refractivity contribution in [2.75, 3.05) is 32.2 Å². The Morgan fingerprint density at radius 1 is 1.19 bits per heavy atom. The van der Waals surface area contributed by atoms with E-state index in [4.69, 9.17) is 9.47 Å². The van der Waals surface area contributed by atoms with Crippen molar-refractivity contribution >= 4 is 22.6 Å². The highest BCUT2D eigenvalue weighted by atomic mass is 16.5. The van der Waals surface area contributed by atoms with E-state index in [2.05, 4.69) is 11.8 Å². The molecule has 144 valence electrons. The molecule has 1 aliphatic heterocycles. The molecule has 27 heavy (non-hydrogen) atoms. The molecule has 0 bridgehead atoms. The van der Waals surface area contributed by atoms with Gasteiger partial charge in [0.25, 0.3) is 0 Å². The summed E-state index contributed by atoms with van der Waals surface area (Å²) in [6.45, 7) is 4.23. The van der Waals surface area contributed by atoms with Crippen molar-refractivity contribution in [3.8, 4) is 5.75 Å². The number of nitrogens with zero attached hydrogens (tertiary/aromatic N) is 2. The van der Waals surface area contributed by atoms with E-state index >= 15 is 0 Å². The fourth-order valence-electron chi connectivity index (χ4n) is 4.16. The van der Waals surface area contributed by atoms with E-state index in [0.29, 0.717) is 17.3 Å². The summed E-state index contributed by atoms with van der Waals surface area (Å²) in [5.74, 6) is 0.762. The van der Waals surface area contributed by atoms with Crippen molar-refractivity contribution in [2.24, 2.45) is 5.92 Å². The molecule has 1 saturated heterocycles. The second-order valence-corrected chi connectivity index (χ2v) is 7.71. The second kappa shape index (κ2) is 6.91. The van der Waals surface area contributed by atoms with Crippen molar-refractivity contribution in [2.45, 2.75) is 38.6 Å². The quantitative estimate of drug-likeness (QED) is 0.772. The highest BCUT2D eigenvalue weighted by Crippen LogP contribution is 2.43. The van der Waals surface area contributed by atoms with E-state index < -0.39 is 5.97 Å². The third-order valence-corrected chi connectivity index (χ3v) is 5.67. The van der Waals surface area contributed by atoms with E-state index in [9.17, 15) is 9.59 Å². The Morgan fingerprint density at radius 3 is 2.59 bits per heavy atom. The van der Waals surface area contributed by atoms with Crippen LogP contribution in [0.3, 0.4) is 0 Å². The van der Waals surface area contributed by atoms with E-state index in [1.54, 1.807) is 13.3 Å². The van der Waals surface area contributed by atoms with Gasteiger partial charge in [-0.3, -0.25) is 4.79 Å². The van der Waals surface area contributed by atoms with Crippen molar-refractivity contribution in [1.29, 1.82) is 0 Å². The number of hydrogen-bond donors (Lipinski definition) is 0. The first-order valence-corrected chi connectivity index (χ1v) is 9.64. The summed E-state index contributed by atoms with van der Waals surface area (Å²) >= 11 is 0. The molecule has 6 nitrogen and oxygen atoms in total. The van der Waals surface area contributed by atoms with E-state index in [-0.39, 0.29) is 11.0 Å². The number of methoxy groups -OCH3 is 2. The summed E-state index contributed by atoms with van der Waals surface area (Å²) in [7, 11) is 2.95. The van der Waals surface area contributed by atoms with Crippen LogP contribution in [-0.4, -0.2) is 37.8 Å². The molecule has 0 spiro atoms. The largest absolute Gasteiger partial charge is 0.492 e. The number of esters is 1. The number of rotatable bonds is 4. The van der Waals surface area contributed by atoms with Gasteiger partial charge in [-0.15, -0.1) is 0 Å². The molecule has 2 fully saturated rings. The maximum Gasteiger partial charge on any atom is 0.343 e. The number of aromatic nitrogens is 1. The molecule has 4 rings (SSSR count). The number of piperidine rings is 1. The summed E-state index contributed by atoms with van der Waals surface area (Å²) in [6, 6.07) is 4.08. The summed E-state index contributed by atoms with van der Waals surface area (Å²) in [5, 5.41) is 0.510. The minimum absolute atomic E-state index is 0.0818. The average molecular weight is 370 g/mol. The third-order valence-electron chi connectivity index (χ3n) is 5.67. The molecule has 0 unspecified atom stereocenters. The maximum absolute atomic E-state index is 12.9. The number of carbonyl (C=O) groups excluding carboxylic acids is 1. The lowest BCUT2D eigenvalue weighted by Gasteiger charge is -2.34. The Morgan fingerprint density at radius 2 is 1.96 bits per heavy atom. The molecule has 1 aromatic heterocycles. The zero-order valence-corrected chi connectivity index (χ0v) is 16.2. The average Bonchev–Trinajstić information content (AvgIpc) is 3.52. The van der Waals surface area contributed by atoms with Gasteiger partial charge < -0.3 is 18.9 Å². The van der Waals surface area contributed by atoms with Gasteiger partial charge in [-0.2, -0.15) is 0 Å². The lowest BCUT2D eigenvalue weighted by atomic mass is 9.99. The van der Waals surface area contributed by atoms with Gasteiger partial charge in [-0.25, -0.2) is 4.79 Å². The van der Waals surface area contributed by atoms with Crippen LogP contribution in [-0.2, 0) is 4.74 Å². The molecule has 1 aliphatic carbocycles. The van der Waals surface area contributed by atoms with Crippen LogP contribution in [0.1, 0.15) is 49.0 Å². The van der Waals surface area contributed by atoms with Gasteiger partial charge in [0, 0.05) is 25.3 Å². The minimum Gasteiger partial charge on any atom is -0.492 e. The molecule has 1 aromatic carbocycles. The maximum atomic E-state index is 12.9. The van der Waals surface area contributed by atoms with Crippen molar-refractivity contribution < 1.29 is 14.3 Å². The molecule has 2 heterocycles. The number of hydrogen-bond acceptors (Lipinski definition) is 5. The number of carbonyl (C=O) groups is 1. The van der Waals surface area contributed by atoms with Gasteiger partial charge in [0.2, 0.25) is 5.43 Å². The Bertz CT molecular complexity index is 945. The van der Waals surface area contributed by atoms with Gasteiger partial charge in [-0.1, -0.05) is 6.92 Å².